The Morgan fingerprint density at radius 3 is 1.83 bits per heavy atom. The molecule has 0 saturated carbocycles. The van der Waals surface area contributed by atoms with Gasteiger partial charge in [-0.15, -0.1) is 12.4 Å². The molecule has 0 unspecified atom stereocenters. The van der Waals surface area contributed by atoms with Crippen molar-refractivity contribution in [1.29, 1.82) is 0 Å². The molecule has 120 valence electrons. The zero-order valence-corrected chi connectivity index (χ0v) is 15.1. The van der Waals surface area contributed by atoms with Crippen molar-refractivity contribution >= 4 is 61.5 Å². The van der Waals surface area contributed by atoms with Gasteiger partial charge in [-0.2, -0.15) is 0 Å². The van der Waals surface area contributed by atoms with Gasteiger partial charge in [-0.05, 0) is 40.2 Å². The molecule has 0 aliphatic heterocycles. The van der Waals surface area contributed by atoms with Crippen LogP contribution in [0.5, 0.6) is 0 Å². The summed E-state index contributed by atoms with van der Waals surface area (Å²) in [7, 11) is 0. The van der Waals surface area contributed by atoms with E-state index in [-0.39, 0.29) is 12.4 Å². The lowest BCUT2D eigenvalue weighted by atomic mass is 10.1. The highest BCUT2D eigenvalue weighted by Gasteiger charge is 2.08. The molecule has 0 aliphatic rings. The van der Waals surface area contributed by atoms with Gasteiger partial charge in [0, 0.05) is 15.2 Å². The molecule has 0 bridgehead atoms. The van der Waals surface area contributed by atoms with Crippen LogP contribution in [0.15, 0.2) is 77.3 Å². The molecule has 0 radical (unpaired) electrons. The van der Waals surface area contributed by atoms with Crippen LogP contribution in [0.1, 0.15) is 0 Å². The number of benzene rings is 3. The summed E-state index contributed by atoms with van der Waals surface area (Å²) < 4.78 is 1.01. The summed E-state index contributed by atoms with van der Waals surface area (Å²) in [6, 6.07) is 24.3. The third-order valence-electron chi connectivity index (χ3n) is 3.78. The summed E-state index contributed by atoms with van der Waals surface area (Å²) in [5.74, 6) is 0. The normalized spacial score (nSPS) is 10.4. The average molecular weight is 401 g/mol. The first-order valence-corrected chi connectivity index (χ1v) is 8.16. The van der Waals surface area contributed by atoms with Gasteiger partial charge in [0.05, 0.1) is 22.4 Å². The molecule has 0 saturated heterocycles. The maximum absolute atomic E-state index is 4.73. The number of nitrogens with one attached hydrogen (secondary N) is 2. The maximum atomic E-state index is 4.73. The molecule has 0 atom stereocenters. The molecule has 4 rings (SSSR count). The quantitative estimate of drug-likeness (QED) is 0.326. The second kappa shape index (κ2) is 7.07. The third kappa shape index (κ3) is 3.03. The fourth-order valence-corrected chi connectivity index (χ4v) is 3.05. The number of hydrazine groups is 1. The van der Waals surface area contributed by atoms with Gasteiger partial charge in [0.15, 0.2) is 0 Å². The lowest BCUT2D eigenvalue weighted by Gasteiger charge is -2.15. The van der Waals surface area contributed by atoms with E-state index in [0.717, 1.165) is 37.7 Å². The molecule has 3 aromatic carbocycles. The molecule has 4 aromatic rings. The van der Waals surface area contributed by atoms with Crippen LogP contribution in [-0.2, 0) is 0 Å². The van der Waals surface area contributed by atoms with Crippen LogP contribution in [0.2, 0.25) is 0 Å². The van der Waals surface area contributed by atoms with E-state index >= 15 is 0 Å². The lowest BCUT2D eigenvalue weighted by Crippen LogP contribution is -2.10. The van der Waals surface area contributed by atoms with Crippen molar-refractivity contribution in [2.75, 3.05) is 10.9 Å². The average Bonchev–Trinajstić information content (AvgIpc) is 2.60. The van der Waals surface area contributed by atoms with E-state index < -0.39 is 0 Å². The summed E-state index contributed by atoms with van der Waals surface area (Å²) in [4.78, 5) is 4.73. The van der Waals surface area contributed by atoms with Crippen molar-refractivity contribution in [3.05, 3.63) is 77.3 Å². The number of para-hydroxylation sites is 3. The van der Waals surface area contributed by atoms with Crippen LogP contribution >= 0.6 is 28.3 Å². The van der Waals surface area contributed by atoms with E-state index in [1.165, 1.54) is 0 Å². The van der Waals surface area contributed by atoms with Crippen molar-refractivity contribution < 1.29 is 0 Å². The highest BCUT2D eigenvalue weighted by atomic mass is 79.9. The number of halogens is 2. The number of fused-ring (bicyclic) bond motifs is 2. The van der Waals surface area contributed by atoms with Crippen LogP contribution in [-0.4, -0.2) is 4.98 Å². The Bertz CT molecular complexity index is 950. The highest BCUT2D eigenvalue weighted by Crippen LogP contribution is 2.31. The van der Waals surface area contributed by atoms with E-state index in [1.807, 2.05) is 60.7 Å². The Kier molecular flexibility index (Phi) is 4.88. The minimum absolute atomic E-state index is 0. The largest absolute Gasteiger partial charge is 0.300 e. The molecule has 2 N–H and O–H groups in total. The van der Waals surface area contributed by atoms with Crippen molar-refractivity contribution in [1.82, 2.24) is 4.98 Å². The van der Waals surface area contributed by atoms with Crippen molar-refractivity contribution in [2.45, 2.75) is 0 Å². The van der Waals surface area contributed by atoms with Crippen molar-refractivity contribution in [3.63, 3.8) is 0 Å². The van der Waals surface area contributed by atoms with E-state index in [2.05, 4.69) is 38.9 Å². The Morgan fingerprint density at radius 1 is 0.667 bits per heavy atom. The van der Waals surface area contributed by atoms with Crippen LogP contribution < -0.4 is 10.9 Å². The topological polar surface area (TPSA) is 37.0 Å². The number of rotatable bonds is 3. The van der Waals surface area contributed by atoms with Gasteiger partial charge in [-0.3, -0.25) is 10.9 Å². The Labute approximate surface area is 154 Å². The standard InChI is InChI=1S/C19H14BrN3.ClH/c20-15-9-3-6-12-18(15)22-23-19-13-7-1-4-10-16(13)21-17-11-5-2-8-14(17)19;/h1-12,22H,(H,21,23);1H. The van der Waals surface area contributed by atoms with Gasteiger partial charge >= 0.3 is 0 Å². The molecule has 1 heterocycles. The Hall–Kier alpha value is -2.30. The van der Waals surface area contributed by atoms with E-state index in [0.29, 0.717) is 0 Å². The zero-order chi connectivity index (χ0) is 15.6. The second-order valence-electron chi connectivity index (χ2n) is 5.25. The van der Waals surface area contributed by atoms with Gasteiger partial charge in [0.1, 0.15) is 0 Å². The number of aromatic nitrogens is 1. The summed E-state index contributed by atoms with van der Waals surface area (Å²) in [6.45, 7) is 0. The molecule has 0 aliphatic carbocycles. The van der Waals surface area contributed by atoms with Gasteiger partial charge < -0.3 is 0 Å². The second-order valence-corrected chi connectivity index (χ2v) is 6.11. The molecule has 3 nitrogen and oxygen atoms in total. The Balaban J connectivity index is 0.00000169. The first-order valence-electron chi connectivity index (χ1n) is 7.37. The lowest BCUT2D eigenvalue weighted by molar-refractivity contribution is 1.41. The van der Waals surface area contributed by atoms with Crippen LogP contribution in [0, 0.1) is 0 Å². The molecular formula is C19H15BrClN3. The molecule has 1 aromatic heterocycles. The molecular weight excluding hydrogens is 386 g/mol. The first kappa shape index (κ1) is 16.6. The Morgan fingerprint density at radius 2 is 1.21 bits per heavy atom. The highest BCUT2D eigenvalue weighted by molar-refractivity contribution is 9.10. The van der Waals surface area contributed by atoms with Gasteiger partial charge in [-0.25, -0.2) is 4.98 Å². The van der Waals surface area contributed by atoms with Crippen LogP contribution in [0.4, 0.5) is 11.4 Å². The molecule has 0 spiro atoms. The van der Waals surface area contributed by atoms with Crippen LogP contribution in [0.3, 0.4) is 0 Å². The fraction of sp³-hybridized carbons (Fsp3) is 0. The smallest absolute Gasteiger partial charge is 0.0731 e. The van der Waals surface area contributed by atoms with E-state index in [4.69, 9.17) is 4.98 Å². The third-order valence-corrected chi connectivity index (χ3v) is 4.48. The van der Waals surface area contributed by atoms with Gasteiger partial charge in [0.2, 0.25) is 0 Å². The number of pyridine rings is 1. The van der Waals surface area contributed by atoms with Gasteiger partial charge in [-0.1, -0.05) is 48.5 Å². The van der Waals surface area contributed by atoms with Gasteiger partial charge in [0.25, 0.3) is 0 Å². The minimum Gasteiger partial charge on any atom is -0.300 e. The monoisotopic (exact) mass is 399 g/mol. The first-order chi connectivity index (χ1) is 11.3. The van der Waals surface area contributed by atoms with E-state index in [9.17, 15) is 0 Å². The fourth-order valence-electron chi connectivity index (χ4n) is 2.67. The summed E-state index contributed by atoms with van der Waals surface area (Å²) in [6.07, 6.45) is 0. The predicted octanol–water partition coefficient (Wildman–Crippen LogP) is 6.01. The summed E-state index contributed by atoms with van der Waals surface area (Å²) >= 11 is 3.55. The number of hydrogen-bond acceptors (Lipinski definition) is 3. The number of hydrogen-bond donors (Lipinski definition) is 2. The zero-order valence-electron chi connectivity index (χ0n) is 12.7. The summed E-state index contributed by atoms with van der Waals surface area (Å²) in [5.41, 5.74) is 10.6. The SMILES string of the molecule is Brc1ccccc1NNc1c2ccccc2nc2ccccc12.Cl. The van der Waals surface area contributed by atoms with Crippen LogP contribution in [0.25, 0.3) is 21.8 Å². The number of anilines is 2. The summed E-state index contributed by atoms with van der Waals surface area (Å²) in [5, 5.41) is 2.18. The minimum atomic E-state index is 0. The van der Waals surface area contributed by atoms with E-state index in [1.54, 1.807) is 0 Å². The predicted molar refractivity (Wildman–Crippen MR) is 108 cm³/mol. The molecule has 24 heavy (non-hydrogen) atoms. The molecule has 5 heteroatoms. The van der Waals surface area contributed by atoms with Crippen molar-refractivity contribution in [2.24, 2.45) is 0 Å². The molecule has 0 amide bonds. The number of nitrogens with zero attached hydrogens (tertiary/aromatic N) is 1. The molecule has 0 fully saturated rings. The van der Waals surface area contributed by atoms with Crippen molar-refractivity contribution in [3.8, 4) is 0 Å². The maximum Gasteiger partial charge on any atom is 0.0731 e.